The SMILES string of the molecule is Cc1c(Nc2ccc(S(=O)(=O)C3CC3)cc2F)ncnc1O[C@H]1CC2CCC1N2C(=O)OC(C)(C)C. The fourth-order valence-corrected chi connectivity index (χ4v) is 6.62. The maximum absolute atomic E-state index is 14.8. The van der Waals surface area contributed by atoms with Crippen LogP contribution in [0.3, 0.4) is 0 Å². The van der Waals surface area contributed by atoms with Gasteiger partial charge < -0.3 is 14.8 Å². The number of rotatable bonds is 6. The molecule has 3 aliphatic rings. The molecule has 36 heavy (non-hydrogen) atoms. The third-order valence-electron chi connectivity index (χ3n) is 6.87. The van der Waals surface area contributed by atoms with Gasteiger partial charge in [0.15, 0.2) is 9.84 Å². The van der Waals surface area contributed by atoms with Crippen LogP contribution >= 0.6 is 0 Å². The molecule has 1 aromatic carbocycles. The average molecular weight is 519 g/mol. The summed E-state index contributed by atoms with van der Waals surface area (Å²) in [5.74, 6) is 0.0182. The van der Waals surface area contributed by atoms with Crippen LogP contribution in [0.2, 0.25) is 0 Å². The second-order valence-corrected chi connectivity index (χ2v) is 13.0. The lowest BCUT2D eigenvalue weighted by Gasteiger charge is -2.28. The van der Waals surface area contributed by atoms with Gasteiger partial charge in [-0.25, -0.2) is 27.6 Å². The first-order valence-electron chi connectivity index (χ1n) is 12.2. The number of fused-ring (bicyclic) bond motifs is 2. The zero-order chi connectivity index (χ0) is 25.8. The normalized spacial score (nSPS) is 23.6. The number of nitrogens with one attached hydrogen (secondary N) is 1. The third kappa shape index (κ3) is 4.72. The van der Waals surface area contributed by atoms with Crippen molar-refractivity contribution in [1.82, 2.24) is 14.9 Å². The van der Waals surface area contributed by atoms with Crippen molar-refractivity contribution in [2.24, 2.45) is 0 Å². The quantitative estimate of drug-likeness (QED) is 0.594. The van der Waals surface area contributed by atoms with Crippen LogP contribution in [0, 0.1) is 12.7 Å². The van der Waals surface area contributed by atoms with Gasteiger partial charge in [0.05, 0.1) is 27.4 Å². The minimum Gasteiger partial charge on any atom is -0.472 e. The Bertz CT molecular complexity index is 1290. The Balaban J connectivity index is 1.30. The van der Waals surface area contributed by atoms with Crippen molar-refractivity contribution in [2.75, 3.05) is 5.32 Å². The van der Waals surface area contributed by atoms with E-state index in [0.29, 0.717) is 36.5 Å². The summed E-state index contributed by atoms with van der Waals surface area (Å²) in [6.07, 6.45) is 4.41. The highest BCUT2D eigenvalue weighted by Gasteiger charge is 2.51. The molecule has 3 heterocycles. The van der Waals surface area contributed by atoms with Crippen LogP contribution in [0.5, 0.6) is 5.88 Å². The summed E-state index contributed by atoms with van der Waals surface area (Å²) in [6.45, 7) is 7.30. The number of benzene rings is 1. The highest BCUT2D eigenvalue weighted by atomic mass is 32.2. The summed E-state index contributed by atoms with van der Waals surface area (Å²) in [5.41, 5.74) is 0.112. The number of nitrogens with zero attached hydrogens (tertiary/aromatic N) is 3. The fourth-order valence-electron chi connectivity index (χ4n) is 4.95. The lowest BCUT2D eigenvalue weighted by molar-refractivity contribution is 0.0180. The first-order valence-corrected chi connectivity index (χ1v) is 13.8. The van der Waals surface area contributed by atoms with Crippen LogP contribution in [0.4, 0.5) is 20.7 Å². The molecule has 0 spiro atoms. The number of halogens is 1. The zero-order valence-electron chi connectivity index (χ0n) is 20.8. The molecule has 1 aliphatic carbocycles. The Morgan fingerprint density at radius 1 is 1.17 bits per heavy atom. The number of carbonyl (C=O) groups is 1. The molecule has 194 valence electrons. The van der Waals surface area contributed by atoms with E-state index in [1.165, 1.54) is 18.5 Å². The molecule has 1 N–H and O–H groups in total. The van der Waals surface area contributed by atoms with Gasteiger partial charge in [0, 0.05) is 12.5 Å². The van der Waals surface area contributed by atoms with Crippen LogP contribution in [0.25, 0.3) is 0 Å². The van der Waals surface area contributed by atoms with Crippen LogP contribution in [0.15, 0.2) is 29.4 Å². The molecule has 1 aromatic heterocycles. The Hall–Kier alpha value is -2.95. The molecule has 1 saturated carbocycles. The van der Waals surface area contributed by atoms with E-state index in [9.17, 15) is 17.6 Å². The minimum absolute atomic E-state index is 0.0118. The lowest BCUT2D eigenvalue weighted by Crippen LogP contribution is -2.42. The lowest BCUT2D eigenvalue weighted by atomic mass is 9.98. The van der Waals surface area contributed by atoms with E-state index in [0.717, 1.165) is 18.9 Å². The van der Waals surface area contributed by atoms with Crippen molar-refractivity contribution < 1.29 is 27.1 Å². The summed E-state index contributed by atoms with van der Waals surface area (Å²) in [4.78, 5) is 23.0. The molecule has 1 amide bonds. The Kier molecular flexibility index (Phi) is 6.09. The monoisotopic (exact) mass is 518 g/mol. The number of anilines is 2. The first kappa shape index (κ1) is 24.7. The van der Waals surface area contributed by atoms with Gasteiger partial charge in [0.25, 0.3) is 0 Å². The van der Waals surface area contributed by atoms with Crippen LogP contribution < -0.4 is 10.1 Å². The van der Waals surface area contributed by atoms with Gasteiger partial charge in [-0.1, -0.05) is 0 Å². The summed E-state index contributed by atoms with van der Waals surface area (Å²) in [5, 5.41) is 2.52. The third-order valence-corrected chi connectivity index (χ3v) is 9.13. The molecule has 2 saturated heterocycles. The molecular weight excluding hydrogens is 487 g/mol. The number of carbonyl (C=O) groups excluding carboxylic acids is 1. The molecule has 3 fully saturated rings. The molecule has 2 aliphatic heterocycles. The van der Waals surface area contributed by atoms with Gasteiger partial charge in [-0.3, -0.25) is 4.90 Å². The Labute approximate surface area is 210 Å². The summed E-state index contributed by atoms with van der Waals surface area (Å²) in [6, 6.07) is 3.82. The Morgan fingerprint density at radius 3 is 2.58 bits per heavy atom. The van der Waals surface area contributed by atoms with Gasteiger partial charge in [-0.2, -0.15) is 0 Å². The number of amides is 1. The molecule has 2 aromatic rings. The van der Waals surface area contributed by atoms with Crippen LogP contribution in [-0.2, 0) is 14.6 Å². The second kappa shape index (κ2) is 8.86. The molecular formula is C25H31FN4O5S. The van der Waals surface area contributed by atoms with Crippen molar-refractivity contribution in [3.05, 3.63) is 35.9 Å². The summed E-state index contributed by atoms with van der Waals surface area (Å²) >= 11 is 0. The highest BCUT2D eigenvalue weighted by Crippen LogP contribution is 2.41. The van der Waals surface area contributed by atoms with E-state index >= 15 is 0 Å². The van der Waals surface area contributed by atoms with E-state index in [-0.39, 0.29) is 34.9 Å². The van der Waals surface area contributed by atoms with Crippen LogP contribution in [-0.4, -0.2) is 58.4 Å². The second-order valence-electron chi connectivity index (χ2n) is 10.7. The molecule has 5 rings (SSSR count). The summed E-state index contributed by atoms with van der Waals surface area (Å²) in [7, 11) is -3.48. The van der Waals surface area contributed by atoms with Crippen molar-refractivity contribution in [1.29, 1.82) is 0 Å². The van der Waals surface area contributed by atoms with E-state index in [1.54, 1.807) is 11.8 Å². The van der Waals surface area contributed by atoms with E-state index in [4.69, 9.17) is 9.47 Å². The predicted molar refractivity (Wildman–Crippen MR) is 131 cm³/mol. The molecule has 2 unspecified atom stereocenters. The van der Waals surface area contributed by atoms with Gasteiger partial charge in [0.1, 0.15) is 29.7 Å². The van der Waals surface area contributed by atoms with E-state index in [1.807, 2.05) is 20.8 Å². The van der Waals surface area contributed by atoms with E-state index < -0.39 is 26.5 Å². The standard InChI is InChI=1S/C25H31FN4O5S/c1-14-22(29-19-9-8-17(12-18(19)26)36(32,33)16-6-7-16)27-13-28-23(14)34-21-11-15-5-10-20(21)30(15)24(31)35-25(2,3)4/h8-9,12-13,15-16,20-21H,5-7,10-11H2,1-4H3,(H,27,28,29)/t15?,20?,21-/m0/s1. The average Bonchev–Trinajstić information content (AvgIpc) is 3.51. The maximum atomic E-state index is 14.8. The number of hydrogen-bond donors (Lipinski definition) is 1. The first-order chi connectivity index (χ1) is 16.9. The molecule has 11 heteroatoms. The number of aromatic nitrogens is 2. The fraction of sp³-hybridized carbons (Fsp3) is 0.560. The number of sulfone groups is 1. The Morgan fingerprint density at radius 2 is 1.92 bits per heavy atom. The maximum Gasteiger partial charge on any atom is 0.410 e. The predicted octanol–water partition coefficient (Wildman–Crippen LogP) is 4.52. The van der Waals surface area contributed by atoms with E-state index in [2.05, 4.69) is 15.3 Å². The van der Waals surface area contributed by atoms with Crippen molar-refractivity contribution >= 4 is 27.4 Å². The zero-order valence-corrected chi connectivity index (χ0v) is 21.6. The molecule has 2 bridgehead atoms. The summed E-state index contributed by atoms with van der Waals surface area (Å²) < 4.78 is 51.5. The highest BCUT2D eigenvalue weighted by molar-refractivity contribution is 7.92. The van der Waals surface area contributed by atoms with Gasteiger partial charge in [-0.05, 0) is 71.6 Å². The van der Waals surface area contributed by atoms with Gasteiger partial charge in [0.2, 0.25) is 5.88 Å². The number of ether oxygens (including phenoxy) is 2. The van der Waals surface area contributed by atoms with Gasteiger partial charge in [-0.15, -0.1) is 0 Å². The van der Waals surface area contributed by atoms with Crippen molar-refractivity contribution in [3.8, 4) is 5.88 Å². The molecule has 0 radical (unpaired) electrons. The topological polar surface area (TPSA) is 111 Å². The van der Waals surface area contributed by atoms with Crippen molar-refractivity contribution in [3.63, 3.8) is 0 Å². The minimum atomic E-state index is -3.48. The van der Waals surface area contributed by atoms with Crippen LogP contribution in [0.1, 0.15) is 58.4 Å². The molecule has 9 nitrogen and oxygen atoms in total. The van der Waals surface area contributed by atoms with Gasteiger partial charge >= 0.3 is 6.09 Å². The smallest absolute Gasteiger partial charge is 0.410 e. The molecule has 3 atom stereocenters. The largest absolute Gasteiger partial charge is 0.472 e. The number of hydrogen-bond acceptors (Lipinski definition) is 8. The van der Waals surface area contributed by atoms with Crippen molar-refractivity contribution in [2.45, 2.75) is 93.7 Å².